The SMILES string of the molecule is C[C@H]1CCc2sc(C(=O)NNS(=O)(=O)c3ccc(Cl)s3)cc2C1. The Morgan fingerprint density at radius 1 is 1.35 bits per heavy atom. The van der Waals surface area contributed by atoms with Gasteiger partial charge in [0.1, 0.15) is 4.21 Å². The van der Waals surface area contributed by atoms with Crippen molar-refractivity contribution < 1.29 is 13.2 Å². The summed E-state index contributed by atoms with van der Waals surface area (Å²) in [7, 11) is -3.80. The van der Waals surface area contributed by atoms with Crippen LogP contribution in [0, 0.1) is 5.92 Å². The molecule has 0 saturated heterocycles. The van der Waals surface area contributed by atoms with Gasteiger partial charge in [-0.2, -0.15) is 0 Å². The van der Waals surface area contributed by atoms with E-state index in [9.17, 15) is 13.2 Å². The van der Waals surface area contributed by atoms with Crippen LogP contribution in [0.3, 0.4) is 0 Å². The quantitative estimate of drug-likeness (QED) is 0.787. The van der Waals surface area contributed by atoms with Gasteiger partial charge >= 0.3 is 0 Å². The van der Waals surface area contributed by atoms with Gasteiger partial charge in [-0.05, 0) is 48.9 Å². The van der Waals surface area contributed by atoms with Gasteiger partial charge in [0.15, 0.2) is 0 Å². The Balaban J connectivity index is 1.68. The van der Waals surface area contributed by atoms with Gasteiger partial charge in [0, 0.05) is 4.88 Å². The molecular weight excluding hydrogens is 376 g/mol. The lowest BCUT2D eigenvalue weighted by Crippen LogP contribution is -2.40. The molecule has 9 heteroatoms. The predicted molar refractivity (Wildman–Crippen MR) is 92.6 cm³/mol. The second kappa shape index (κ2) is 6.52. The van der Waals surface area contributed by atoms with Crippen LogP contribution in [0.5, 0.6) is 0 Å². The molecule has 0 saturated carbocycles. The normalized spacial score (nSPS) is 17.7. The summed E-state index contributed by atoms with van der Waals surface area (Å²) in [6.45, 7) is 2.20. The Morgan fingerprint density at radius 2 is 2.13 bits per heavy atom. The van der Waals surface area contributed by atoms with Crippen LogP contribution in [0.4, 0.5) is 0 Å². The lowest BCUT2D eigenvalue weighted by Gasteiger charge is -2.16. The molecule has 1 aliphatic rings. The molecule has 0 spiro atoms. The maximum absolute atomic E-state index is 12.2. The number of hydrazine groups is 1. The molecule has 2 aromatic heterocycles. The number of carbonyl (C=O) groups is 1. The van der Waals surface area contributed by atoms with Crippen LogP contribution in [-0.4, -0.2) is 14.3 Å². The number of fused-ring (bicyclic) bond motifs is 1. The van der Waals surface area contributed by atoms with Gasteiger partial charge in [0.05, 0.1) is 9.21 Å². The molecule has 1 atom stereocenters. The zero-order chi connectivity index (χ0) is 16.6. The molecule has 124 valence electrons. The molecular formula is C14H15ClN2O3S3. The van der Waals surface area contributed by atoms with Crippen molar-refractivity contribution in [1.29, 1.82) is 0 Å². The van der Waals surface area contributed by atoms with Crippen LogP contribution in [-0.2, 0) is 22.9 Å². The third-order valence-corrected chi connectivity index (χ3v) is 7.87. The number of thiophene rings is 2. The van der Waals surface area contributed by atoms with E-state index >= 15 is 0 Å². The van der Waals surface area contributed by atoms with Gasteiger partial charge in [-0.3, -0.25) is 10.2 Å². The van der Waals surface area contributed by atoms with E-state index < -0.39 is 15.9 Å². The van der Waals surface area contributed by atoms with Crippen LogP contribution >= 0.6 is 34.3 Å². The Morgan fingerprint density at radius 3 is 2.83 bits per heavy atom. The van der Waals surface area contributed by atoms with E-state index in [1.165, 1.54) is 33.9 Å². The highest BCUT2D eigenvalue weighted by molar-refractivity contribution is 7.91. The predicted octanol–water partition coefficient (Wildman–Crippen LogP) is 3.21. The van der Waals surface area contributed by atoms with E-state index in [0.29, 0.717) is 15.1 Å². The van der Waals surface area contributed by atoms with Gasteiger partial charge in [0.25, 0.3) is 15.9 Å². The van der Waals surface area contributed by atoms with E-state index in [2.05, 4.69) is 17.2 Å². The van der Waals surface area contributed by atoms with Crippen LogP contribution in [0.1, 0.15) is 33.5 Å². The van der Waals surface area contributed by atoms with Crippen molar-refractivity contribution in [1.82, 2.24) is 10.3 Å². The summed E-state index contributed by atoms with van der Waals surface area (Å²) in [5.41, 5.74) is 3.47. The standard InChI is InChI=1S/C14H15ClN2O3S3/c1-8-2-3-10-9(6-8)7-11(21-10)14(18)16-17-23(19,20)13-5-4-12(15)22-13/h4-5,7-8,17H,2-3,6H2,1H3,(H,16,18)/t8-/m0/s1. The molecule has 0 aromatic carbocycles. The number of aryl methyl sites for hydroxylation is 1. The molecule has 1 amide bonds. The molecule has 0 aliphatic heterocycles. The van der Waals surface area contributed by atoms with E-state index in [1.54, 1.807) is 0 Å². The Labute approximate surface area is 147 Å². The second-order valence-electron chi connectivity index (χ2n) is 5.53. The molecule has 0 fully saturated rings. The number of halogens is 1. The number of nitrogens with one attached hydrogen (secondary N) is 2. The van der Waals surface area contributed by atoms with Crippen LogP contribution in [0.25, 0.3) is 0 Å². The first-order valence-corrected chi connectivity index (χ1v) is 10.5. The van der Waals surface area contributed by atoms with Crippen molar-refractivity contribution in [3.63, 3.8) is 0 Å². The van der Waals surface area contributed by atoms with E-state index in [1.807, 2.05) is 6.07 Å². The Bertz CT molecular complexity index is 841. The van der Waals surface area contributed by atoms with Gasteiger partial charge in [-0.15, -0.1) is 27.5 Å². The maximum atomic E-state index is 12.2. The fourth-order valence-corrected chi connectivity index (χ4v) is 5.91. The fourth-order valence-electron chi connectivity index (χ4n) is 2.49. The van der Waals surface area contributed by atoms with Crippen molar-refractivity contribution in [2.24, 2.45) is 5.92 Å². The largest absolute Gasteiger partial charge is 0.276 e. The lowest BCUT2D eigenvalue weighted by molar-refractivity contribution is 0.0949. The number of amides is 1. The summed E-state index contributed by atoms with van der Waals surface area (Å²) in [5.74, 6) is 0.179. The van der Waals surface area contributed by atoms with Gasteiger partial charge in [-0.25, -0.2) is 8.42 Å². The van der Waals surface area contributed by atoms with Crippen LogP contribution in [0.2, 0.25) is 4.34 Å². The smallest absolute Gasteiger partial charge is 0.273 e. The van der Waals surface area contributed by atoms with Gasteiger partial charge in [-0.1, -0.05) is 18.5 Å². The molecule has 2 N–H and O–H groups in total. The van der Waals surface area contributed by atoms with Crippen molar-refractivity contribution in [3.05, 3.63) is 37.9 Å². The number of rotatable bonds is 4. The highest BCUT2D eigenvalue weighted by atomic mass is 35.5. The highest BCUT2D eigenvalue weighted by Crippen LogP contribution is 2.32. The highest BCUT2D eigenvalue weighted by Gasteiger charge is 2.22. The Kier molecular flexibility index (Phi) is 4.80. The summed E-state index contributed by atoms with van der Waals surface area (Å²) in [4.78, 5) is 16.0. The minimum Gasteiger partial charge on any atom is -0.273 e. The second-order valence-corrected chi connectivity index (χ2v) is 10.3. The molecule has 0 unspecified atom stereocenters. The monoisotopic (exact) mass is 390 g/mol. The third-order valence-electron chi connectivity index (χ3n) is 3.67. The maximum Gasteiger partial charge on any atom is 0.276 e. The van der Waals surface area contributed by atoms with Crippen LogP contribution < -0.4 is 10.3 Å². The van der Waals surface area contributed by atoms with Crippen molar-refractivity contribution >= 4 is 50.2 Å². The number of hydrogen-bond acceptors (Lipinski definition) is 5. The molecule has 2 aromatic rings. The molecule has 2 heterocycles. The minimum atomic E-state index is -3.80. The number of carbonyl (C=O) groups excluding carboxylic acids is 1. The number of hydrogen-bond donors (Lipinski definition) is 2. The van der Waals surface area contributed by atoms with E-state index in [-0.39, 0.29) is 4.21 Å². The van der Waals surface area contributed by atoms with Crippen molar-refractivity contribution in [3.8, 4) is 0 Å². The summed E-state index contributed by atoms with van der Waals surface area (Å²) >= 11 is 8.10. The minimum absolute atomic E-state index is 0.0575. The first-order valence-electron chi connectivity index (χ1n) is 7.04. The summed E-state index contributed by atoms with van der Waals surface area (Å²) < 4.78 is 24.5. The zero-order valence-corrected chi connectivity index (χ0v) is 15.5. The Hall–Kier alpha value is -0.930. The topological polar surface area (TPSA) is 75.3 Å². The average Bonchev–Trinajstić information content (AvgIpc) is 3.11. The first-order chi connectivity index (χ1) is 10.8. The zero-order valence-electron chi connectivity index (χ0n) is 12.3. The third kappa shape index (κ3) is 3.77. The van der Waals surface area contributed by atoms with Crippen LogP contribution in [0.15, 0.2) is 22.4 Å². The molecule has 3 rings (SSSR count). The molecule has 0 bridgehead atoms. The van der Waals surface area contributed by atoms with Gasteiger partial charge < -0.3 is 0 Å². The summed E-state index contributed by atoms with van der Waals surface area (Å²) in [5, 5.41) is 0. The van der Waals surface area contributed by atoms with E-state index in [0.717, 1.165) is 30.6 Å². The van der Waals surface area contributed by atoms with E-state index in [4.69, 9.17) is 11.6 Å². The first kappa shape index (κ1) is 16.9. The molecule has 23 heavy (non-hydrogen) atoms. The van der Waals surface area contributed by atoms with Gasteiger partial charge in [0.2, 0.25) is 0 Å². The molecule has 1 aliphatic carbocycles. The lowest BCUT2D eigenvalue weighted by atomic mass is 9.90. The van der Waals surface area contributed by atoms with Crippen molar-refractivity contribution in [2.75, 3.05) is 0 Å². The summed E-state index contributed by atoms with van der Waals surface area (Å²) in [6, 6.07) is 4.76. The molecule has 0 radical (unpaired) electrons. The molecule has 5 nitrogen and oxygen atoms in total. The van der Waals surface area contributed by atoms with Crippen molar-refractivity contribution in [2.45, 2.75) is 30.4 Å². The fraction of sp³-hybridized carbons (Fsp3) is 0.357. The summed E-state index contributed by atoms with van der Waals surface area (Å²) in [6.07, 6.45) is 3.08. The average molecular weight is 391 g/mol. The number of sulfonamides is 1.